The lowest BCUT2D eigenvalue weighted by molar-refractivity contribution is 0.191. The van der Waals surface area contributed by atoms with E-state index >= 15 is 0 Å². The number of ether oxygens (including phenoxy) is 1. The molecule has 0 aliphatic rings. The summed E-state index contributed by atoms with van der Waals surface area (Å²) in [4.78, 5) is 4.25. The van der Waals surface area contributed by atoms with Crippen molar-refractivity contribution in [1.82, 2.24) is 9.55 Å². The summed E-state index contributed by atoms with van der Waals surface area (Å²) in [5.74, 6) is 1.74. The van der Waals surface area contributed by atoms with Crippen molar-refractivity contribution < 1.29 is 9.84 Å². The van der Waals surface area contributed by atoms with E-state index in [1.165, 1.54) is 0 Å². The van der Waals surface area contributed by atoms with Crippen molar-refractivity contribution in [3.8, 4) is 5.75 Å². The number of hydrogen-bond donors (Lipinski definition) is 1. The third kappa shape index (κ3) is 3.35. The molecule has 2 aromatic rings. The molecule has 1 aromatic heterocycles. The summed E-state index contributed by atoms with van der Waals surface area (Å²) >= 11 is 0. The van der Waals surface area contributed by atoms with E-state index in [9.17, 15) is 5.11 Å². The highest BCUT2D eigenvalue weighted by Crippen LogP contribution is 2.26. The second-order valence-corrected chi connectivity index (χ2v) is 4.77. The van der Waals surface area contributed by atoms with Gasteiger partial charge < -0.3 is 14.4 Å². The molecular formula is C15H20N2O2. The van der Waals surface area contributed by atoms with Gasteiger partial charge in [-0.1, -0.05) is 11.6 Å². The van der Waals surface area contributed by atoms with Crippen molar-refractivity contribution in [2.24, 2.45) is 7.05 Å². The Morgan fingerprint density at radius 1 is 1.42 bits per heavy atom. The smallest absolute Gasteiger partial charge is 0.125 e. The number of aromatic nitrogens is 2. The molecule has 4 nitrogen and oxygen atoms in total. The van der Waals surface area contributed by atoms with Crippen molar-refractivity contribution in [3.63, 3.8) is 0 Å². The van der Waals surface area contributed by atoms with Crippen LogP contribution in [0.5, 0.6) is 5.75 Å². The predicted molar refractivity (Wildman–Crippen MR) is 74.2 cm³/mol. The number of imidazole rings is 1. The zero-order valence-electron chi connectivity index (χ0n) is 11.6. The predicted octanol–water partition coefficient (Wildman–Crippen LogP) is 2.40. The molecule has 2 rings (SSSR count). The first-order valence-corrected chi connectivity index (χ1v) is 6.45. The standard InChI is InChI=1S/C15H20N2O2/c1-11-4-5-14(13(10-11)12(2)18)19-9-6-15-16-7-8-17(15)3/h4-5,7-8,10,12,18H,6,9H2,1-3H3/t12-/m1/s1. The molecule has 1 heterocycles. The van der Waals surface area contributed by atoms with E-state index in [0.29, 0.717) is 6.61 Å². The van der Waals surface area contributed by atoms with Crippen molar-refractivity contribution in [3.05, 3.63) is 47.5 Å². The molecule has 0 radical (unpaired) electrons. The maximum Gasteiger partial charge on any atom is 0.125 e. The first-order valence-electron chi connectivity index (χ1n) is 6.45. The monoisotopic (exact) mass is 260 g/mol. The van der Waals surface area contributed by atoms with Crippen LogP contribution < -0.4 is 4.74 Å². The van der Waals surface area contributed by atoms with Crippen LogP contribution in [0, 0.1) is 6.92 Å². The van der Waals surface area contributed by atoms with Crippen LogP contribution >= 0.6 is 0 Å². The van der Waals surface area contributed by atoms with Crippen molar-refractivity contribution >= 4 is 0 Å². The van der Waals surface area contributed by atoms with Gasteiger partial charge in [-0.25, -0.2) is 4.98 Å². The van der Waals surface area contributed by atoms with Crippen molar-refractivity contribution in [2.75, 3.05) is 6.61 Å². The Kier molecular flexibility index (Phi) is 4.22. The lowest BCUT2D eigenvalue weighted by Gasteiger charge is -2.14. The van der Waals surface area contributed by atoms with Crippen molar-refractivity contribution in [2.45, 2.75) is 26.4 Å². The molecule has 19 heavy (non-hydrogen) atoms. The fourth-order valence-corrected chi connectivity index (χ4v) is 2.02. The Balaban J connectivity index is 2.01. The number of hydrogen-bond acceptors (Lipinski definition) is 3. The van der Waals surface area contributed by atoms with Crippen LogP contribution in [0.1, 0.15) is 30.0 Å². The van der Waals surface area contributed by atoms with Crippen LogP contribution in [0.15, 0.2) is 30.6 Å². The molecule has 1 N–H and O–H groups in total. The molecule has 0 bridgehead atoms. The molecular weight excluding hydrogens is 240 g/mol. The Labute approximate surface area is 113 Å². The summed E-state index contributed by atoms with van der Waals surface area (Å²) in [5.41, 5.74) is 1.95. The van der Waals surface area contributed by atoms with Crippen LogP contribution in [-0.2, 0) is 13.5 Å². The summed E-state index contributed by atoms with van der Waals surface area (Å²) in [7, 11) is 1.97. The van der Waals surface area contributed by atoms with Crippen LogP contribution in [0.4, 0.5) is 0 Å². The fraction of sp³-hybridized carbons (Fsp3) is 0.400. The Hall–Kier alpha value is -1.81. The van der Waals surface area contributed by atoms with E-state index < -0.39 is 6.10 Å². The van der Waals surface area contributed by atoms with Gasteiger partial charge >= 0.3 is 0 Å². The third-order valence-corrected chi connectivity index (χ3v) is 3.12. The zero-order valence-corrected chi connectivity index (χ0v) is 11.6. The van der Waals surface area contributed by atoms with Crippen LogP contribution in [-0.4, -0.2) is 21.3 Å². The maximum atomic E-state index is 9.76. The minimum Gasteiger partial charge on any atom is -0.493 e. The van der Waals surface area contributed by atoms with E-state index in [4.69, 9.17) is 4.74 Å². The van der Waals surface area contributed by atoms with E-state index in [1.54, 1.807) is 13.1 Å². The van der Waals surface area contributed by atoms with E-state index in [0.717, 1.165) is 29.1 Å². The number of rotatable bonds is 5. The van der Waals surface area contributed by atoms with Gasteiger partial charge in [0.2, 0.25) is 0 Å². The van der Waals surface area contributed by atoms with Gasteiger partial charge in [-0.2, -0.15) is 0 Å². The Bertz CT molecular complexity index is 547. The second-order valence-electron chi connectivity index (χ2n) is 4.77. The molecule has 0 saturated carbocycles. The lowest BCUT2D eigenvalue weighted by Crippen LogP contribution is -2.08. The zero-order chi connectivity index (χ0) is 13.8. The summed E-state index contributed by atoms with van der Waals surface area (Å²) < 4.78 is 7.75. The molecule has 102 valence electrons. The molecule has 0 saturated heterocycles. The molecule has 1 aromatic carbocycles. The van der Waals surface area contributed by atoms with Crippen molar-refractivity contribution in [1.29, 1.82) is 0 Å². The fourth-order valence-electron chi connectivity index (χ4n) is 2.02. The summed E-state index contributed by atoms with van der Waals surface area (Å²) in [5, 5.41) is 9.76. The summed E-state index contributed by atoms with van der Waals surface area (Å²) in [6.45, 7) is 4.30. The topological polar surface area (TPSA) is 47.3 Å². The SMILES string of the molecule is Cc1ccc(OCCc2nccn2C)c([C@@H](C)O)c1. The molecule has 0 unspecified atom stereocenters. The Morgan fingerprint density at radius 2 is 2.21 bits per heavy atom. The molecule has 1 atom stereocenters. The van der Waals surface area contributed by atoms with E-state index in [-0.39, 0.29) is 0 Å². The molecule has 0 spiro atoms. The third-order valence-electron chi connectivity index (χ3n) is 3.12. The highest BCUT2D eigenvalue weighted by Gasteiger charge is 2.09. The second kappa shape index (κ2) is 5.89. The van der Waals surface area contributed by atoms with Crippen LogP contribution in [0.25, 0.3) is 0 Å². The average Bonchev–Trinajstić information content (AvgIpc) is 2.77. The average molecular weight is 260 g/mol. The van der Waals surface area contributed by atoms with E-state index in [2.05, 4.69) is 4.98 Å². The number of aliphatic hydroxyl groups is 1. The van der Waals surface area contributed by atoms with Gasteiger partial charge in [-0.15, -0.1) is 0 Å². The molecule has 4 heteroatoms. The van der Waals surface area contributed by atoms with Gasteiger partial charge in [0, 0.05) is 31.4 Å². The number of benzene rings is 1. The highest BCUT2D eigenvalue weighted by atomic mass is 16.5. The quantitative estimate of drug-likeness (QED) is 0.898. The van der Waals surface area contributed by atoms with Gasteiger partial charge in [0.1, 0.15) is 11.6 Å². The van der Waals surface area contributed by atoms with Crippen LogP contribution in [0.3, 0.4) is 0 Å². The Morgan fingerprint density at radius 3 is 2.84 bits per heavy atom. The maximum absolute atomic E-state index is 9.76. The summed E-state index contributed by atoms with van der Waals surface area (Å²) in [6.07, 6.45) is 3.92. The molecule has 0 amide bonds. The van der Waals surface area contributed by atoms with Gasteiger partial charge in [0.15, 0.2) is 0 Å². The number of aryl methyl sites for hydroxylation is 2. The van der Waals surface area contributed by atoms with E-state index in [1.807, 2.05) is 42.9 Å². The molecule has 0 aliphatic carbocycles. The van der Waals surface area contributed by atoms with Crippen LogP contribution in [0.2, 0.25) is 0 Å². The van der Waals surface area contributed by atoms with Gasteiger partial charge in [-0.05, 0) is 26.0 Å². The normalized spacial score (nSPS) is 12.4. The number of nitrogens with zero attached hydrogens (tertiary/aromatic N) is 2. The first kappa shape index (κ1) is 13.6. The van der Waals surface area contributed by atoms with Gasteiger partial charge in [0.05, 0.1) is 12.7 Å². The molecule has 0 aliphatic heterocycles. The molecule has 0 fully saturated rings. The summed E-state index contributed by atoms with van der Waals surface area (Å²) in [6, 6.07) is 5.86. The number of aliphatic hydroxyl groups excluding tert-OH is 1. The van der Waals surface area contributed by atoms with Gasteiger partial charge in [-0.3, -0.25) is 0 Å². The minimum absolute atomic E-state index is 0.525. The first-order chi connectivity index (χ1) is 9.08. The highest BCUT2D eigenvalue weighted by molar-refractivity contribution is 5.38. The largest absolute Gasteiger partial charge is 0.493 e. The lowest BCUT2D eigenvalue weighted by atomic mass is 10.1. The van der Waals surface area contributed by atoms with Gasteiger partial charge in [0.25, 0.3) is 0 Å². The minimum atomic E-state index is -0.525.